The fourth-order valence-electron chi connectivity index (χ4n) is 2.56. The Morgan fingerprint density at radius 3 is 1.91 bits per heavy atom. The number of hydrogen-bond acceptors (Lipinski definition) is 6. The SMILES string of the molecule is CCCCCCCCCCC(CCC(=O)OO)CC(=O)OO. The molecule has 0 amide bonds. The molecule has 0 aromatic heterocycles. The van der Waals surface area contributed by atoms with Crippen molar-refractivity contribution in [3.63, 3.8) is 0 Å². The molecule has 0 radical (unpaired) electrons. The Morgan fingerprint density at radius 2 is 1.36 bits per heavy atom. The molecule has 0 saturated heterocycles. The molecule has 6 heteroatoms. The van der Waals surface area contributed by atoms with Gasteiger partial charge in [-0.1, -0.05) is 58.3 Å². The van der Waals surface area contributed by atoms with Crippen LogP contribution < -0.4 is 0 Å². The van der Waals surface area contributed by atoms with E-state index in [1.54, 1.807) is 0 Å². The highest BCUT2D eigenvalue weighted by molar-refractivity contribution is 5.70. The largest absolute Gasteiger partial charge is 0.342 e. The molecule has 0 bridgehead atoms. The molecular formula is C16H30O6. The number of rotatable bonds is 14. The van der Waals surface area contributed by atoms with Gasteiger partial charge in [-0.25, -0.2) is 9.59 Å². The van der Waals surface area contributed by atoms with Gasteiger partial charge in [0.1, 0.15) is 0 Å². The molecule has 0 aliphatic carbocycles. The van der Waals surface area contributed by atoms with E-state index in [9.17, 15) is 9.59 Å². The van der Waals surface area contributed by atoms with E-state index in [0.29, 0.717) is 6.42 Å². The van der Waals surface area contributed by atoms with Crippen LogP contribution in [0.5, 0.6) is 0 Å². The van der Waals surface area contributed by atoms with Crippen molar-refractivity contribution >= 4 is 11.9 Å². The van der Waals surface area contributed by atoms with Crippen molar-refractivity contribution in [3.05, 3.63) is 0 Å². The summed E-state index contributed by atoms with van der Waals surface area (Å²) in [6, 6.07) is 0. The van der Waals surface area contributed by atoms with E-state index in [-0.39, 0.29) is 18.8 Å². The van der Waals surface area contributed by atoms with Crippen LogP contribution in [0.4, 0.5) is 0 Å². The minimum atomic E-state index is -0.710. The van der Waals surface area contributed by atoms with Crippen LogP contribution in [0.3, 0.4) is 0 Å². The molecule has 0 aromatic carbocycles. The van der Waals surface area contributed by atoms with Crippen LogP contribution in [0, 0.1) is 5.92 Å². The van der Waals surface area contributed by atoms with E-state index in [1.165, 1.54) is 38.5 Å². The van der Waals surface area contributed by atoms with Gasteiger partial charge in [0.05, 0.1) is 6.42 Å². The number of carbonyl (C=O) groups excluding carboxylic acids is 2. The molecule has 0 aliphatic rings. The van der Waals surface area contributed by atoms with E-state index in [4.69, 9.17) is 10.5 Å². The summed E-state index contributed by atoms with van der Waals surface area (Å²) in [6.07, 6.45) is 11.0. The topological polar surface area (TPSA) is 93.1 Å². The molecule has 1 atom stereocenters. The zero-order chi connectivity index (χ0) is 16.6. The van der Waals surface area contributed by atoms with Crippen LogP contribution in [0.25, 0.3) is 0 Å². The lowest BCUT2D eigenvalue weighted by molar-refractivity contribution is -0.236. The quantitative estimate of drug-likeness (QED) is 0.281. The summed E-state index contributed by atoms with van der Waals surface area (Å²) in [5.41, 5.74) is 0. The predicted octanol–water partition coefficient (Wildman–Crippen LogP) is 4.34. The Labute approximate surface area is 132 Å². The van der Waals surface area contributed by atoms with E-state index >= 15 is 0 Å². The van der Waals surface area contributed by atoms with Gasteiger partial charge in [-0.2, -0.15) is 10.5 Å². The summed E-state index contributed by atoms with van der Waals surface area (Å²) in [4.78, 5) is 29.4. The molecule has 0 aromatic rings. The Balaban J connectivity index is 3.82. The fourth-order valence-corrected chi connectivity index (χ4v) is 2.56. The smallest absolute Gasteiger partial charge is 0.301 e. The first-order valence-electron chi connectivity index (χ1n) is 8.32. The summed E-state index contributed by atoms with van der Waals surface area (Å²) in [5, 5.41) is 16.6. The maximum atomic E-state index is 11.1. The lowest BCUT2D eigenvalue weighted by atomic mass is 9.92. The first kappa shape index (κ1) is 20.9. The van der Waals surface area contributed by atoms with Gasteiger partial charge in [-0.15, -0.1) is 0 Å². The molecular weight excluding hydrogens is 288 g/mol. The Morgan fingerprint density at radius 1 is 0.818 bits per heavy atom. The van der Waals surface area contributed by atoms with Gasteiger partial charge in [0.15, 0.2) is 0 Å². The summed E-state index contributed by atoms with van der Waals surface area (Å²) in [5.74, 6) is -1.45. The van der Waals surface area contributed by atoms with Gasteiger partial charge in [0.2, 0.25) is 0 Å². The van der Waals surface area contributed by atoms with Crippen LogP contribution in [0.1, 0.15) is 84.0 Å². The summed E-state index contributed by atoms with van der Waals surface area (Å²) in [7, 11) is 0. The summed E-state index contributed by atoms with van der Waals surface area (Å²) in [6.45, 7) is 2.20. The maximum absolute atomic E-state index is 11.1. The lowest BCUT2D eigenvalue weighted by Gasteiger charge is -2.14. The average Bonchev–Trinajstić information content (AvgIpc) is 2.54. The molecule has 6 nitrogen and oxygen atoms in total. The molecule has 1 unspecified atom stereocenters. The minimum Gasteiger partial charge on any atom is -0.301 e. The van der Waals surface area contributed by atoms with Crippen LogP contribution in [-0.2, 0) is 19.4 Å². The molecule has 22 heavy (non-hydrogen) atoms. The van der Waals surface area contributed by atoms with Crippen molar-refractivity contribution in [3.8, 4) is 0 Å². The molecule has 2 N–H and O–H groups in total. The second-order valence-corrected chi connectivity index (χ2v) is 5.80. The van der Waals surface area contributed by atoms with Gasteiger partial charge in [-0.3, -0.25) is 0 Å². The molecule has 0 spiro atoms. The van der Waals surface area contributed by atoms with Gasteiger partial charge in [0.25, 0.3) is 0 Å². The van der Waals surface area contributed by atoms with Gasteiger partial charge >= 0.3 is 11.9 Å². The number of hydrogen-bond donors (Lipinski definition) is 2. The van der Waals surface area contributed by atoms with E-state index in [2.05, 4.69) is 16.7 Å². The second kappa shape index (κ2) is 14.8. The Kier molecular flexibility index (Phi) is 14.0. The fraction of sp³-hybridized carbons (Fsp3) is 0.875. The van der Waals surface area contributed by atoms with Crippen molar-refractivity contribution in [2.45, 2.75) is 84.0 Å². The van der Waals surface area contributed by atoms with Crippen molar-refractivity contribution in [2.24, 2.45) is 5.92 Å². The predicted molar refractivity (Wildman–Crippen MR) is 82.0 cm³/mol. The Bertz CT molecular complexity index is 292. The molecule has 0 aliphatic heterocycles. The molecule has 0 saturated carbocycles. The first-order chi connectivity index (χ1) is 10.6. The second-order valence-electron chi connectivity index (χ2n) is 5.80. The zero-order valence-corrected chi connectivity index (χ0v) is 13.6. The van der Waals surface area contributed by atoms with E-state index < -0.39 is 11.9 Å². The lowest BCUT2D eigenvalue weighted by Crippen LogP contribution is -2.13. The first-order valence-corrected chi connectivity index (χ1v) is 8.32. The highest BCUT2D eigenvalue weighted by Crippen LogP contribution is 2.21. The van der Waals surface area contributed by atoms with Crippen LogP contribution in [0.2, 0.25) is 0 Å². The molecule has 0 heterocycles. The van der Waals surface area contributed by atoms with E-state index in [0.717, 1.165) is 19.3 Å². The van der Waals surface area contributed by atoms with Crippen molar-refractivity contribution in [2.75, 3.05) is 0 Å². The van der Waals surface area contributed by atoms with Crippen molar-refractivity contribution < 1.29 is 29.9 Å². The molecule has 130 valence electrons. The van der Waals surface area contributed by atoms with Crippen LogP contribution in [0.15, 0.2) is 0 Å². The third-order valence-electron chi connectivity index (χ3n) is 3.88. The number of unbranched alkanes of at least 4 members (excludes halogenated alkanes) is 7. The Hall–Kier alpha value is -1.14. The van der Waals surface area contributed by atoms with Crippen molar-refractivity contribution in [1.29, 1.82) is 0 Å². The van der Waals surface area contributed by atoms with Crippen LogP contribution in [-0.4, -0.2) is 22.5 Å². The van der Waals surface area contributed by atoms with Gasteiger partial charge in [-0.05, 0) is 18.8 Å². The average molecular weight is 318 g/mol. The van der Waals surface area contributed by atoms with Gasteiger partial charge < -0.3 is 9.78 Å². The molecule has 0 rings (SSSR count). The minimum absolute atomic E-state index is 0.0427. The summed E-state index contributed by atoms with van der Waals surface area (Å²) < 4.78 is 0. The zero-order valence-electron chi connectivity index (χ0n) is 13.6. The third-order valence-corrected chi connectivity index (χ3v) is 3.88. The molecule has 0 fully saturated rings. The standard InChI is InChI=1S/C16H30O6/c1-2-3-4-5-6-7-8-9-10-14(13-16(18)22-20)11-12-15(17)21-19/h14,19-20H,2-13H2,1H3. The van der Waals surface area contributed by atoms with Crippen LogP contribution >= 0.6 is 0 Å². The highest BCUT2D eigenvalue weighted by Gasteiger charge is 2.17. The van der Waals surface area contributed by atoms with Crippen molar-refractivity contribution in [1.82, 2.24) is 0 Å². The third kappa shape index (κ3) is 12.6. The van der Waals surface area contributed by atoms with E-state index in [1.807, 2.05) is 0 Å². The summed E-state index contributed by atoms with van der Waals surface area (Å²) >= 11 is 0. The maximum Gasteiger partial charge on any atom is 0.342 e. The highest BCUT2D eigenvalue weighted by atomic mass is 17.1. The normalized spacial score (nSPS) is 12.0. The van der Waals surface area contributed by atoms with Gasteiger partial charge in [0, 0.05) is 6.42 Å². The monoisotopic (exact) mass is 318 g/mol. The number of carbonyl (C=O) groups is 2.